The third-order valence-electron chi connectivity index (χ3n) is 3.55. The lowest BCUT2D eigenvalue weighted by Gasteiger charge is -2.11. The molecule has 2 nitrogen and oxygen atoms in total. The fourth-order valence-corrected chi connectivity index (χ4v) is 2.03. The SMILES string of the molecule is C=CCN(C)CC=C(C)CCC=C(C)C(=O)CCC=C(C)C. The van der Waals surface area contributed by atoms with Gasteiger partial charge in [0.15, 0.2) is 5.78 Å². The van der Waals surface area contributed by atoms with Crippen molar-refractivity contribution in [1.29, 1.82) is 0 Å². The van der Waals surface area contributed by atoms with Crippen molar-refractivity contribution < 1.29 is 4.79 Å². The zero-order chi connectivity index (χ0) is 17.0. The Morgan fingerprint density at radius 3 is 2.18 bits per heavy atom. The highest BCUT2D eigenvalue weighted by Crippen LogP contribution is 2.10. The summed E-state index contributed by atoms with van der Waals surface area (Å²) in [4.78, 5) is 14.2. The van der Waals surface area contributed by atoms with Gasteiger partial charge in [-0.1, -0.05) is 35.5 Å². The summed E-state index contributed by atoms with van der Waals surface area (Å²) in [6, 6.07) is 0. The molecule has 0 N–H and O–H groups in total. The van der Waals surface area contributed by atoms with Crippen molar-refractivity contribution >= 4 is 5.78 Å². The molecule has 0 unspecified atom stereocenters. The van der Waals surface area contributed by atoms with E-state index in [1.54, 1.807) is 0 Å². The molecule has 0 aromatic rings. The van der Waals surface area contributed by atoms with Crippen molar-refractivity contribution in [1.82, 2.24) is 4.90 Å². The molecule has 0 fully saturated rings. The largest absolute Gasteiger partial charge is 0.299 e. The average Bonchev–Trinajstić information content (AvgIpc) is 2.44. The summed E-state index contributed by atoms with van der Waals surface area (Å²) < 4.78 is 0. The Morgan fingerprint density at radius 1 is 0.955 bits per heavy atom. The Morgan fingerprint density at radius 2 is 1.59 bits per heavy atom. The van der Waals surface area contributed by atoms with Crippen LogP contribution < -0.4 is 0 Å². The monoisotopic (exact) mass is 303 g/mol. The number of carbonyl (C=O) groups excluding carboxylic acids is 1. The van der Waals surface area contributed by atoms with Crippen molar-refractivity contribution in [2.24, 2.45) is 0 Å². The van der Waals surface area contributed by atoms with Gasteiger partial charge < -0.3 is 0 Å². The number of hydrogen-bond acceptors (Lipinski definition) is 2. The highest BCUT2D eigenvalue weighted by Gasteiger charge is 2.02. The number of ketones is 1. The van der Waals surface area contributed by atoms with Crippen LogP contribution >= 0.6 is 0 Å². The van der Waals surface area contributed by atoms with Gasteiger partial charge in [-0.3, -0.25) is 9.69 Å². The van der Waals surface area contributed by atoms with E-state index in [2.05, 4.69) is 57.5 Å². The van der Waals surface area contributed by atoms with E-state index < -0.39 is 0 Å². The topological polar surface area (TPSA) is 20.3 Å². The molecular formula is C20H33NO. The van der Waals surface area contributed by atoms with E-state index in [0.29, 0.717) is 6.42 Å². The van der Waals surface area contributed by atoms with Crippen LogP contribution in [0.5, 0.6) is 0 Å². The predicted octanol–water partition coefficient (Wildman–Crippen LogP) is 5.09. The Bertz CT molecular complexity index is 437. The van der Waals surface area contributed by atoms with E-state index in [0.717, 1.165) is 37.9 Å². The zero-order valence-corrected chi connectivity index (χ0v) is 15.1. The van der Waals surface area contributed by atoms with Gasteiger partial charge in [0.2, 0.25) is 0 Å². The first-order valence-corrected chi connectivity index (χ1v) is 8.15. The van der Waals surface area contributed by atoms with E-state index in [9.17, 15) is 4.79 Å². The molecule has 0 saturated heterocycles. The fraction of sp³-hybridized carbons (Fsp3) is 0.550. The lowest BCUT2D eigenvalue weighted by Crippen LogP contribution is -2.18. The lowest BCUT2D eigenvalue weighted by molar-refractivity contribution is -0.115. The average molecular weight is 303 g/mol. The van der Waals surface area contributed by atoms with Gasteiger partial charge >= 0.3 is 0 Å². The van der Waals surface area contributed by atoms with Crippen LogP contribution in [0.2, 0.25) is 0 Å². The van der Waals surface area contributed by atoms with Crippen molar-refractivity contribution in [3.05, 3.63) is 47.6 Å². The molecule has 0 aliphatic carbocycles. The number of nitrogens with zero attached hydrogens (tertiary/aromatic N) is 1. The van der Waals surface area contributed by atoms with Crippen LogP contribution in [0.25, 0.3) is 0 Å². The van der Waals surface area contributed by atoms with Gasteiger partial charge in [0.1, 0.15) is 0 Å². The van der Waals surface area contributed by atoms with Crippen LogP contribution in [0, 0.1) is 0 Å². The van der Waals surface area contributed by atoms with E-state index in [-0.39, 0.29) is 5.78 Å². The molecule has 2 heteroatoms. The van der Waals surface area contributed by atoms with E-state index in [4.69, 9.17) is 0 Å². The van der Waals surface area contributed by atoms with Crippen LogP contribution in [0.4, 0.5) is 0 Å². The second kappa shape index (κ2) is 12.2. The summed E-state index contributed by atoms with van der Waals surface area (Å²) in [6.45, 7) is 13.8. The Kier molecular flexibility index (Phi) is 11.4. The van der Waals surface area contributed by atoms with Gasteiger partial charge in [-0.05, 0) is 59.6 Å². The maximum Gasteiger partial charge on any atom is 0.158 e. The second-order valence-electron chi connectivity index (χ2n) is 6.23. The molecule has 0 aliphatic heterocycles. The molecular weight excluding hydrogens is 270 g/mol. The minimum atomic E-state index is 0.268. The van der Waals surface area contributed by atoms with Crippen LogP contribution in [-0.4, -0.2) is 30.8 Å². The molecule has 0 rings (SSSR count). The highest BCUT2D eigenvalue weighted by molar-refractivity contribution is 5.94. The van der Waals surface area contributed by atoms with Crippen molar-refractivity contribution in [2.75, 3.05) is 20.1 Å². The molecule has 0 atom stereocenters. The summed E-state index contributed by atoms with van der Waals surface area (Å²) in [5, 5.41) is 0. The zero-order valence-electron chi connectivity index (χ0n) is 15.1. The maximum absolute atomic E-state index is 12.0. The van der Waals surface area contributed by atoms with E-state index >= 15 is 0 Å². The van der Waals surface area contributed by atoms with Gasteiger partial charge in [0.05, 0.1) is 0 Å². The van der Waals surface area contributed by atoms with Crippen LogP contribution in [0.1, 0.15) is 53.4 Å². The third kappa shape index (κ3) is 11.3. The first kappa shape index (κ1) is 20.6. The van der Waals surface area contributed by atoms with Crippen molar-refractivity contribution in [3.63, 3.8) is 0 Å². The Balaban J connectivity index is 4.13. The first-order chi connectivity index (χ1) is 10.4. The Hall–Kier alpha value is -1.41. The molecule has 0 aliphatic rings. The molecule has 0 amide bonds. The smallest absolute Gasteiger partial charge is 0.158 e. The summed E-state index contributed by atoms with van der Waals surface area (Å²) in [7, 11) is 2.08. The minimum Gasteiger partial charge on any atom is -0.299 e. The third-order valence-corrected chi connectivity index (χ3v) is 3.55. The molecule has 0 aromatic carbocycles. The summed E-state index contributed by atoms with van der Waals surface area (Å²) in [6.07, 6.45) is 11.8. The first-order valence-electron chi connectivity index (χ1n) is 8.15. The number of hydrogen-bond donors (Lipinski definition) is 0. The maximum atomic E-state index is 12.0. The van der Waals surface area contributed by atoms with Gasteiger partial charge in [0, 0.05) is 19.5 Å². The molecule has 0 saturated carbocycles. The van der Waals surface area contributed by atoms with Crippen LogP contribution in [-0.2, 0) is 4.79 Å². The second-order valence-corrected chi connectivity index (χ2v) is 6.23. The Labute approximate surface area is 137 Å². The number of rotatable bonds is 11. The number of carbonyl (C=O) groups is 1. The number of likely N-dealkylation sites (N-methyl/N-ethyl adjacent to an activating group) is 1. The molecule has 0 spiro atoms. The quantitative estimate of drug-likeness (QED) is 0.391. The molecule has 22 heavy (non-hydrogen) atoms. The summed E-state index contributed by atoms with van der Waals surface area (Å²) in [5.41, 5.74) is 3.55. The number of Topliss-reactive ketones (excluding diaryl/α,β-unsaturated/α-hetero) is 1. The van der Waals surface area contributed by atoms with Gasteiger partial charge in [-0.15, -0.1) is 6.58 Å². The molecule has 124 valence electrons. The minimum absolute atomic E-state index is 0.268. The van der Waals surface area contributed by atoms with Crippen molar-refractivity contribution in [2.45, 2.75) is 53.4 Å². The standard InChI is InChI=1S/C20H33NO/c1-7-15-21(6)16-14-18(4)11-9-12-19(5)20(22)13-8-10-17(2)3/h7,10,12,14H,1,8-9,11,13,15-16H2,2-6H3. The fourth-order valence-electron chi connectivity index (χ4n) is 2.03. The van der Waals surface area contributed by atoms with E-state index in [1.807, 2.05) is 13.0 Å². The summed E-state index contributed by atoms with van der Waals surface area (Å²) in [5.74, 6) is 0.268. The van der Waals surface area contributed by atoms with Gasteiger partial charge in [0.25, 0.3) is 0 Å². The molecule has 0 bridgehead atoms. The molecule has 0 heterocycles. The normalized spacial score (nSPS) is 12.5. The number of allylic oxidation sites excluding steroid dienone is 5. The lowest BCUT2D eigenvalue weighted by atomic mass is 10.0. The van der Waals surface area contributed by atoms with E-state index in [1.165, 1.54) is 11.1 Å². The van der Waals surface area contributed by atoms with Crippen LogP contribution in [0.15, 0.2) is 47.6 Å². The molecule has 0 aromatic heterocycles. The predicted molar refractivity (Wildman–Crippen MR) is 98.1 cm³/mol. The van der Waals surface area contributed by atoms with Gasteiger partial charge in [-0.2, -0.15) is 0 Å². The van der Waals surface area contributed by atoms with Crippen LogP contribution in [0.3, 0.4) is 0 Å². The highest BCUT2D eigenvalue weighted by atomic mass is 16.1. The summed E-state index contributed by atoms with van der Waals surface area (Å²) >= 11 is 0. The van der Waals surface area contributed by atoms with Crippen molar-refractivity contribution in [3.8, 4) is 0 Å². The molecule has 0 radical (unpaired) electrons. The van der Waals surface area contributed by atoms with Gasteiger partial charge in [-0.25, -0.2) is 0 Å².